The van der Waals surface area contributed by atoms with Crippen LogP contribution in [-0.2, 0) is 9.53 Å². The number of ether oxygens (including phenoxy) is 1. The number of urea groups is 1. The van der Waals surface area contributed by atoms with Crippen LogP contribution in [0, 0.1) is 0 Å². The molecule has 3 unspecified atom stereocenters. The summed E-state index contributed by atoms with van der Waals surface area (Å²) in [6, 6.07) is -0.0638. The van der Waals surface area contributed by atoms with Gasteiger partial charge < -0.3 is 20.1 Å². The van der Waals surface area contributed by atoms with Crippen LogP contribution < -0.4 is 5.32 Å². The van der Waals surface area contributed by atoms with E-state index in [1.54, 1.807) is 0 Å². The lowest BCUT2D eigenvalue weighted by Gasteiger charge is -2.32. The van der Waals surface area contributed by atoms with Gasteiger partial charge in [0.2, 0.25) is 0 Å². The number of nitrogens with zero attached hydrogens (tertiary/aromatic N) is 1. The number of hydrogen-bond acceptors (Lipinski definition) is 4. The molecule has 0 radical (unpaired) electrons. The first-order chi connectivity index (χ1) is 9.60. The number of rotatable bonds is 4. The molecule has 0 spiro atoms. The molecule has 2 saturated heterocycles. The average molecular weight is 302 g/mol. The van der Waals surface area contributed by atoms with Crippen LogP contribution in [0.1, 0.15) is 26.2 Å². The van der Waals surface area contributed by atoms with Gasteiger partial charge in [0.05, 0.1) is 6.10 Å². The first-order valence-electron chi connectivity index (χ1n) is 7.12. The van der Waals surface area contributed by atoms with Crippen molar-refractivity contribution < 1.29 is 19.4 Å². The maximum Gasteiger partial charge on any atom is 0.332 e. The molecule has 2 aliphatic rings. The summed E-state index contributed by atoms with van der Waals surface area (Å²) >= 11 is 1.92. The predicted molar refractivity (Wildman–Crippen MR) is 77.0 cm³/mol. The van der Waals surface area contributed by atoms with Crippen molar-refractivity contribution in [3.05, 3.63) is 0 Å². The lowest BCUT2D eigenvalue weighted by molar-refractivity contribution is -0.149. The molecule has 0 aromatic heterocycles. The van der Waals surface area contributed by atoms with E-state index in [0.717, 1.165) is 25.3 Å². The highest BCUT2D eigenvalue weighted by atomic mass is 32.2. The number of aliphatic carboxylic acids is 1. The molecule has 6 nitrogen and oxygen atoms in total. The second-order valence-electron chi connectivity index (χ2n) is 5.20. The Morgan fingerprint density at radius 2 is 2.25 bits per heavy atom. The van der Waals surface area contributed by atoms with Crippen molar-refractivity contribution in [3.63, 3.8) is 0 Å². The third-order valence-corrected chi connectivity index (χ3v) is 5.12. The van der Waals surface area contributed by atoms with Gasteiger partial charge in [0, 0.05) is 30.6 Å². The number of nitrogens with one attached hydrogen (secondary N) is 1. The third-order valence-electron chi connectivity index (χ3n) is 3.75. The maximum atomic E-state index is 12.1. The molecule has 20 heavy (non-hydrogen) atoms. The Labute approximate surface area is 123 Å². The van der Waals surface area contributed by atoms with E-state index in [4.69, 9.17) is 9.84 Å². The van der Waals surface area contributed by atoms with Crippen LogP contribution in [0.2, 0.25) is 0 Å². The molecule has 0 aromatic rings. The summed E-state index contributed by atoms with van der Waals surface area (Å²) in [6.45, 7) is 4.09. The number of carboxylic acids is 1. The molecule has 0 saturated carbocycles. The average Bonchev–Trinajstić information content (AvgIpc) is 2.94. The molecule has 2 N–H and O–H groups in total. The van der Waals surface area contributed by atoms with Crippen LogP contribution in [-0.4, -0.2) is 64.9 Å². The Hall–Kier alpha value is -0.950. The molecule has 2 aliphatic heterocycles. The van der Waals surface area contributed by atoms with E-state index in [0.29, 0.717) is 24.6 Å². The Morgan fingerprint density at radius 3 is 2.90 bits per heavy atom. The minimum Gasteiger partial charge on any atom is -0.479 e. The van der Waals surface area contributed by atoms with Gasteiger partial charge in [-0.3, -0.25) is 0 Å². The maximum absolute atomic E-state index is 12.1. The Morgan fingerprint density at radius 1 is 1.45 bits per heavy atom. The summed E-state index contributed by atoms with van der Waals surface area (Å²) in [5.74, 6) is 0.0603. The predicted octanol–water partition coefficient (Wildman–Crippen LogP) is 1.16. The number of carboxylic acid groups (broad SMARTS) is 1. The minimum absolute atomic E-state index is 0.0638. The highest BCUT2D eigenvalue weighted by Gasteiger charge is 2.31. The fourth-order valence-electron chi connectivity index (χ4n) is 2.50. The highest BCUT2D eigenvalue weighted by molar-refractivity contribution is 8.00. The van der Waals surface area contributed by atoms with E-state index in [9.17, 15) is 9.59 Å². The number of carbonyl (C=O) groups is 2. The zero-order valence-corrected chi connectivity index (χ0v) is 12.5. The molecule has 114 valence electrons. The fourth-order valence-corrected chi connectivity index (χ4v) is 3.68. The summed E-state index contributed by atoms with van der Waals surface area (Å²) in [7, 11) is 0. The van der Waals surface area contributed by atoms with Crippen LogP contribution in [0.5, 0.6) is 0 Å². The third kappa shape index (κ3) is 4.02. The summed E-state index contributed by atoms with van der Waals surface area (Å²) in [4.78, 5) is 24.7. The van der Waals surface area contributed by atoms with Crippen molar-refractivity contribution in [2.75, 3.05) is 25.4 Å². The first kappa shape index (κ1) is 15.4. The number of carbonyl (C=O) groups excluding carboxylic acids is 1. The van der Waals surface area contributed by atoms with Gasteiger partial charge in [-0.05, 0) is 19.3 Å². The van der Waals surface area contributed by atoms with E-state index in [1.807, 2.05) is 16.7 Å². The summed E-state index contributed by atoms with van der Waals surface area (Å²) < 4.78 is 5.37. The second-order valence-corrected chi connectivity index (χ2v) is 6.60. The van der Waals surface area contributed by atoms with E-state index >= 15 is 0 Å². The normalized spacial score (nSPS) is 30.2. The zero-order chi connectivity index (χ0) is 14.5. The first-order valence-corrected chi connectivity index (χ1v) is 8.17. The lowest BCUT2D eigenvalue weighted by atomic mass is 10.2. The van der Waals surface area contributed by atoms with Gasteiger partial charge in [-0.15, -0.1) is 0 Å². The van der Waals surface area contributed by atoms with Crippen LogP contribution >= 0.6 is 11.8 Å². The topological polar surface area (TPSA) is 78.9 Å². The standard InChI is InChI=1S/C13H22N2O4S/c1-2-10-8-15(5-6-20-10)13(18)14-7-9-3-4-11(19-9)12(16)17/h9-11H,2-8H2,1H3,(H,14,18)(H,16,17). The summed E-state index contributed by atoms with van der Waals surface area (Å²) in [5, 5.41) is 12.2. The molecular weight excluding hydrogens is 280 g/mol. The van der Waals surface area contributed by atoms with E-state index in [1.165, 1.54) is 0 Å². The highest BCUT2D eigenvalue weighted by Crippen LogP contribution is 2.21. The fraction of sp³-hybridized carbons (Fsp3) is 0.846. The summed E-state index contributed by atoms with van der Waals surface area (Å²) in [6.07, 6.45) is 1.38. The molecule has 2 rings (SSSR count). The quantitative estimate of drug-likeness (QED) is 0.814. The molecule has 0 aromatic carbocycles. The molecular formula is C13H22N2O4S. The minimum atomic E-state index is -0.919. The van der Waals surface area contributed by atoms with E-state index in [-0.39, 0.29) is 12.1 Å². The Bertz CT molecular complexity index is 366. The van der Waals surface area contributed by atoms with Crippen LogP contribution in [0.3, 0.4) is 0 Å². The van der Waals surface area contributed by atoms with Gasteiger partial charge in [-0.1, -0.05) is 6.92 Å². The van der Waals surface area contributed by atoms with Crippen LogP contribution in [0.15, 0.2) is 0 Å². The van der Waals surface area contributed by atoms with Crippen molar-refractivity contribution in [1.82, 2.24) is 10.2 Å². The van der Waals surface area contributed by atoms with E-state index in [2.05, 4.69) is 12.2 Å². The van der Waals surface area contributed by atoms with Crippen molar-refractivity contribution in [1.29, 1.82) is 0 Å². The van der Waals surface area contributed by atoms with E-state index < -0.39 is 12.1 Å². The van der Waals surface area contributed by atoms with Gasteiger partial charge in [-0.25, -0.2) is 9.59 Å². The van der Waals surface area contributed by atoms with Gasteiger partial charge in [0.25, 0.3) is 0 Å². The smallest absolute Gasteiger partial charge is 0.332 e. The molecule has 2 amide bonds. The van der Waals surface area contributed by atoms with Crippen LogP contribution in [0.25, 0.3) is 0 Å². The monoisotopic (exact) mass is 302 g/mol. The van der Waals surface area contributed by atoms with Crippen molar-refractivity contribution in [3.8, 4) is 0 Å². The molecule has 7 heteroatoms. The Kier molecular flexibility index (Phi) is 5.54. The Balaban J connectivity index is 1.71. The molecule has 2 heterocycles. The van der Waals surface area contributed by atoms with Gasteiger partial charge in [-0.2, -0.15) is 11.8 Å². The molecule has 0 aliphatic carbocycles. The van der Waals surface area contributed by atoms with Gasteiger partial charge in [0.1, 0.15) is 0 Å². The SMILES string of the molecule is CCC1CN(C(=O)NCC2CCC(C(=O)O)O2)CCS1. The van der Waals surface area contributed by atoms with Crippen molar-refractivity contribution >= 4 is 23.8 Å². The number of hydrogen-bond donors (Lipinski definition) is 2. The largest absolute Gasteiger partial charge is 0.479 e. The van der Waals surface area contributed by atoms with Crippen molar-refractivity contribution in [2.24, 2.45) is 0 Å². The zero-order valence-electron chi connectivity index (χ0n) is 11.7. The van der Waals surface area contributed by atoms with Gasteiger partial charge in [0.15, 0.2) is 6.10 Å². The van der Waals surface area contributed by atoms with Gasteiger partial charge >= 0.3 is 12.0 Å². The molecule has 2 fully saturated rings. The molecule has 0 bridgehead atoms. The number of amides is 2. The lowest BCUT2D eigenvalue weighted by Crippen LogP contribution is -2.48. The van der Waals surface area contributed by atoms with Crippen molar-refractivity contribution in [2.45, 2.75) is 43.6 Å². The second kappa shape index (κ2) is 7.17. The molecule has 3 atom stereocenters. The number of thioether (sulfide) groups is 1. The van der Waals surface area contributed by atoms with Crippen LogP contribution in [0.4, 0.5) is 4.79 Å². The summed E-state index contributed by atoms with van der Waals surface area (Å²) in [5.41, 5.74) is 0.